The summed E-state index contributed by atoms with van der Waals surface area (Å²) in [7, 11) is 1.57. The Labute approximate surface area is 180 Å². The first kappa shape index (κ1) is 21.8. The molecule has 2 aromatic carbocycles. The van der Waals surface area contributed by atoms with Crippen LogP contribution in [0, 0.1) is 10.1 Å². The van der Waals surface area contributed by atoms with E-state index in [4.69, 9.17) is 10.6 Å². The number of nitrogen functional groups attached to an aromatic ring is 1. The first-order valence-corrected chi connectivity index (χ1v) is 9.89. The van der Waals surface area contributed by atoms with Crippen LogP contribution in [0.5, 0.6) is 5.75 Å². The first-order valence-electron chi connectivity index (χ1n) is 8.91. The van der Waals surface area contributed by atoms with Crippen LogP contribution in [0.15, 0.2) is 58.5 Å². The van der Waals surface area contributed by atoms with Crippen molar-refractivity contribution < 1.29 is 14.5 Å². The van der Waals surface area contributed by atoms with Crippen molar-refractivity contribution in [1.82, 2.24) is 14.9 Å². The van der Waals surface area contributed by atoms with Crippen LogP contribution >= 0.6 is 11.8 Å². The van der Waals surface area contributed by atoms with E-state index in [2.05, 4.69) is 15.5 Å². The van der Waals surface area contributed by atoms with Crippen molar-refractivity contribution in [2.75, 3.05) is 24.0 Å². The number of methoxy groups -OCH3 is 1. The zero-order valence-corrected chi connectivity index (χ0v) is 17.2. The number of nitrogens with one attached hydrogen (secondary N) is 1. The minimum absolute atomic E-state index is 0.0791. The number of benzene rings is 2. The molecule has 0 atom stereocenters. The third kappa shape index (κ3) is 5.57. The number of nitrogens with zero attached hydrogens (tertiary/aromatic N) is 4. The second kappa shape index (κ2) is 9.71. The molecule has 0 radical (unpaired) electrons. The summed E-state index contributed by atoms with van der Waals surface area (Å²) in [4.78, 5) is 34.7. The molecule has 160 valence electrons. The lowest BCUT2D eigenvalue weighted by molar-refractivity contribution is -0.384. The molecule has 12 heteroatoms. The molecule has 11 nitrogen and oxygen atoms in total. The van der Waals surface area contributed by atoms with Gasteiger partial charge in [-0.3, -0.25) is 19.7 Å². The number of thioether (sulfide) groups is 1. The van der Waals surface area contributed by atoms with Gasteiger partial charge in [0.05, 0.1) is 17.8 Å². The van der Waals surface area contributed by atoms with Crippen molar-refractivity contribution in [3.63, 3.8) is 0 Å². The van der Waals surface area contributed by atoms with Gasteiger partial charge in [0.2, 0.25) is 11.1 Å². The molecule has 3 rings (SSSR count). The van der Waals surface area contributed by atoms with Crippen molar-refractivity contribution >= 4 is 29.0 Å². The highest BCUT2D eigenvalue weighted by Crippen LogP contribution is 2.17. The molecule has 0 bridgehead atoms. The van der Waals surface area contributed by atoms with Gasteiger partial charge in [-0.15, -0.1) is 10.2 Å². The Morgan fingerprint density at radius 2 is 1.87 bits per heavy atom. The lowest BCUT2D eigenvalue weighted by Crippen LogP contribution is -2.34. The van der Waals surface area contributed by atoms with E-state index in [-0.39, 0.29) is 28.7 Å². The zero-order valence-electron chi connectivity index (χ0n) is 16.3. The molecule has 3 N–H and O–H groups in total. The molecule has 0 aliphatic rings. The van der Waals surface area contributed by atoms with Crippen LogP contribution in [0.1, 0.15) is 11.3 Å². The largest absolute Gasteiger partial charge is 0.497 e. The molecule has 0 spiro atoms. The predicted molar refractivity (Wildman–Crippen MR) is 115 cm³/mol. The van der Waals surface area contributed by atoms with Crippen LogP contribution in [0.2, 0.25) is 0 Å². The Bertz CT molecular complexity index is 1150. The maximum absolute atomic E-state index is 12.5. The van der Waals surface area contributed by atoms with Gasteiger partial charge in [-0.1, -0.05) is 23.9 Å². The number of nitrogens with two attached hydrogens (primary N) is 1. The molecular weight excluding hydrogens is 424 g/mol. The fourth-order valence-electron chi connectivity index (χ4n) is 2.56. The van der Waals surface area contributed by atoms with E-state index in [1.54, 1.807) is 19.2 Å². The van der Waals surface area contributed by atoms with E-state index >= 15 is 0 Å². The Kier molecular flexibility index (Phi) is 6.82. The monoisotopic (exact) mass is 442 g/mol. The Hall–Kier alpha value is -3.93. The molecule has 0 aliphatic carbocycles. The number of aromatic nitrogens is 3. The third-order valence-corrected chi connectivity index (χ3v) is 5.10. The van der Waals surface area contributed by atoms with E-state index in [0.29, 0.717) is 11.4 Å². The summed E-state index contributed by atoms with van der Waals surface area (Å²) in [6.07, 6.45) is 0.249. The third-order valence-electron chi connectivity index (χ3n) is 4.15. The standard InChI is InChI=1S/C19H18N6O5S/c1-30-15-8-2-12(3-9-15)10-16-18(27)24(20)19(23-22-16)31-11-17(26)21-13-4-6-14(7-5-13)25(28)29/h2-9H,10-11,20H2,1H3,(H,21,26). The molecule has 0 aliphatic heterocycles. The Morgan fingerprint density at radius 1 is 1.19 bits per heavy atom. The maximum Gasteiger partial charge on any atom is 0.294 e. The number of non-ortho nitro benzene ring substituents is 1. The van der Waals surface area contributed by atoms with Gasteiger partial charge in [-0.25, -0.2) is 0 Å². The molecule has 0 saturated carbocycles. The highest BCUT2D eigenvalue weighted by atomic mass is 32.2. The summed E-state index contributed by atoms with van der Waals surface area (Å²) < 4.78 is 5.96. The molecule has 0 unspecified atom stereocenters. The van der Waals surface area contributed by atoms with Crippen LogP contribution in [-0.4, -0.2) is 38.6 Å². The van der Waals surface area contributed by atoms with Crippen LogP contribution < -0.4 is 21.5 Å². The van der Waals surface area contributed by atoms with Gasteiger partial charge in [0, 0.05) is 24.2 Å². The number of anilines is 1. The highest BCUT2D eigenvalue weighted by molar-refractivity contribution is 7.99. The maximum atomic E-state index is 12.5. The van der Waals surface area contributed by atoms with E-state index in [9.17, 15) is 19.7 Å². The van der Waals surface area contributed by atoms with Gasteiger partial charge in [-0.2, -0.15) is 4.68 Å². The smallest absolute Gasteiger partial charge is 0.294 e. The summed E-state index contributed by atoms with van der Waals surface area (Å²) in [5.41, 5.74) is 0.832. The number of carbonyl (C=O) groups excluding carboxylic acids is 1. The van der Waals surface area contributed by atoms with Crippen molar-refractivity contribution in [2.24, 2.45) is 0 Å². The summed E-state index contributed by atoms with van der Waals surface area (Å²) in [5.74, 6) is 6.05. The molecule has 3 aromatic rings. The number of amides is 1. The predicted octanol–water partition coefficient (Wildman–Crippen LogP) is 1.59. The highest BCUT2D eigenvalue weighted by Gasteiger charge is 2.14. The Morgan fingerprint density at radius 3 is 2.48 bits per heavy atom. The second-order valence-electron chi connectivity index (χ2n) is 6.27. The average molecular weight is 442 g/mol. The van der Waals surface area contributed by atoms with E-state index in [0.717, 1.165) is 22.0 Å². The number of rotatable bonds is 8. The summed E-state index contributed by atoms with van der Waals surface area (Å²) in [6.45, 7) is 0. The quantitative estimate of drug-likeness (QED) is 0.229. The van der Waals surface area contributed by atoms with Gasteiger partial charge in [0.1, 0.15) is 11.4 Å². The Balaban J connectivity index is 1.61. The molecule has 1 heterocycles. The van der Waals surface area contributed by atoms with E-state index in [1.807, 2.05) is 12.1 Å². The van der Waals surface area contributed by atoms with Crippen molar-refractivity contribution in [1.29, 1.82) is 0 Å². The summed E-state index contributed by atoms with van der Waals surface area (Å²) in [6, 6.07) is 12.6. The SMILES string of the molecule is COc1ccc(Cc2nnc(SCC(=O)Nc3ccc([N+](=O)[O-])cc3)n(N)c2=O)cc1. The van der Waals surface area contributed by atoms with Crippen LogP contribution in [0.4, 0.5) is 11.4 Å². The van der Waals surface area contributed by atoms with Crippen molar-refractivity contribution in [2.45, 2.75) is 11.6 Å². The average Bonchev–Trinajstić information content (AvgIpc) is 2.77. The number of ether oxygens (including phenoxy) is 1. The lowest BCUT2D eigenvalue weighted by Gasteiger charge is -2.08. The molecule has 31 heavy (non-hydrogen) atoms. The summed E-state index contributed by atoms with van der Waals surface area (Å²) >= 11 is 0.944. The fraction of sp³-hybridized carbons (Fsp3) is 0.158. The van der Waals surface area contributed by atoms with Crippen LogP contribution in [-0.2, 0) is 11.2 Å². The van der Waals surface area contributed by atoms with Gasteiger partial charge in [0.25, 0.3) is 11.2 Å². The second-order valence-corrected chi connectivity index (χ2v) is 7.21. The topological polar surface area (TPSA) is 155 Å². The summed E-state index contributed by atoms with van der Waals surface area (Å²) in [5, 5.41) is 21.2. The van der Waals surface area contributed by atoms with Crippen molar-refractivity contribution in [3.05, 3.63) is 80.3 Å². The van der Waals surface area contributed by atoms with Gasteiger partial charge >= 0.3 is 0 Å². The number of hydrogen-bond acceptors (Lipinski definition) is 9. The normalized spacial score (nSPS) is 10.5. The molecule has 0 saturated heterocycles. The number of carbonyl (C=O) groups is 1. The molecular formula is C19H18N6O5S. The fourth-order valence-corrected chi connectivity index (χ4v) is 3.21. The number of hydrogen-bond donors (Lipinski definition) is 2. The van der Waals surface area contributed by atoms with E-state index in [1.165, 1.54) is 24.3 Å². The van der Waals surface area contributed by atoms with E-state index < -0.39 is 16.4 Å². The minimum Gasteiger partial charge on any atom is -0.497 e. The van der Waals surface area contributed by atoms with Crippen molar-refractivity contribution in [3.8, 4) is 5.75 Å². The zero-order chi connectivity index (χ0) is 22.4. The van der Waals surface area contributed by atoms with Gasteiger partial charge in [-0.05, 0) is 29.8 Å². The van der Waals surface area contributed by atoms with Crippen LogP contribution in [0.25, 0.3) is 0 Å². The van der Waals surface area contributed by atoms with Gasteiger partial charge in [0.15, 0.2) is 0 Å². The number of nitro benzene ring substituents is 1. The van der Waals surface area contributed by atoms with Gasteiger partial charge < -0.3 is 15.9 Å². The molecule has 1 amide bonds. The molecule has 0 fully saturated rings. The lowest BCUT2D eigenvalue weighted by atomic mass is 10.1. The minimum atomic E-state index is -0.529. The molecule has 1 aromatic heterocycles. The first-order chi connectivity index (χ1) is 14.9. The number of nitro groups is 1. The van der Waals surface area contributed by atoms with Crippen LogP contribution in [0.3, 0.4) is 0 Å².